The average molecular weight is 185 g/mol. The fourth-order valence-electron chi connectivity index (χ4n) is 1.49. The van der Waals surface area contributed by atoms with E-state index in [2.05, 4.69) is 5.32 Å². The maximum Gasteiger partial charge on any atom is 0.242 e. The third kappa shape index (κ3) is 1.80. The van der Waals surface area contributed by atoms with Gasteiger partial charge in [-0.1, -0.05) is 0 Å². The lowest BCUT2D eigenvalue weighted by atomic mass is 10.1. The molecule has 1 rings (SSSR count). The molecule has 5 nitrogen and oxygen atoms in total. The first-order valence-corrected chi connectivity index (χ1v) is 4.37. The van der Waals surface area contributed by atoms with Gasteiger partial charge in [-0.2, -0.15) is 0 Å². The molecule has 2 atom stereocenters. The SMILES string of the molecule is CC(CN)N1C(=O)CNC(=O)C1C. The van der Waals surface area contributed by atoms with Crippen LogP contribution in [0.2, 0.25) is 0 Å². The van der Waals surface area contributed by atoms with Crippen molar-refractivity contribution < 1.29 is 9.59 Å². The number of carbonyl (C=O) groups excluding carboxylic acids is 2. The molecule has 1 aliphatic rings. The maximum absolute atomic E-state index is 11.4. The second-order valence-corrected chi connectivity index (χ2v) is 3.28. The predicted octanol–water partition coefficient (Wildman–Crippen LogP) is -1.32. The summed E-state index contributed by atoms with van der Waals surface area (Å²) in [5, 5.41) is 2.52. The fourth-order valence-corrected chi connectivity index (χ4v) is 1.49. The van der Waals surface area contributed by atoms with Crippen molar-refractivity contribution in [3.05, 3.63) is 0 Å². The van der Waals surface area contributed by atoms with Gasteiger partial charge in [0.15, 0.2) is 0 Å². The van der Waals surface area contributed by atoms with E-state index in [1.165, 1.54) is 0 Å². The van der Waals surface area contributed by atoms with Crippen LogP contribution in [-0.4, -0.2) is 41.9 Å². The van der Waals surface area contributed by atoms with Gasteiger partial charge < -0.3 is 16.0 Å². The Balaban J connectivity index is 2.77. The molecular formula is C8H15N3O2. The van der Waals surface area contributed by atoms with E-state index in [9.17, 15) is 9.59 Å². The zero-order valence-electron chi connectivity index (χ0n) is 7.91. The van der Waals surface area contributed by atoms with Crippen LogP contribution in [0.5, 0.6) is 0 Å². The topological polar surface area (TPSA) is 75.4 Å². The number of hydrogen-bond acceptors (Lipinski definition) is 3. The summed E-state index contributed by atoms with van der Waals surface area (Å²) in [5.74, 6) is -0.176. The molecule has 3 N–H and O–H groups in total. The van der Waals surface area contributed by atoms with E-state index in [1.54, 1.807) is 11.8 Å². The molecule has 0 spiro atoms. The quantitative estimate of drug-likeness (QED) is 0.560. The Labute approximate surface area is 77.3 Å². The molecule has 5 heteroatoms. The van der Waals surface area contributed by atoms with Gasteiger partial charge in [0.25, 0.3) is 0 Å². The Morgan fingerprint density at radius 1 is 1.69 bits per heavy atom. The molecule has 0 bridgehead atoms. The van der Waals surface area contributed by atoms with Crippen LogP contribution in [0, 0.1) is 0 Å². The summed E-state index contributed by atoms with van der Waals surface area (Å²) in [4.78, 5) is 24.2. The summed E-state index contributed by atoms with van der Waals surface area (Å²) in [7, 11) is 0. The Morgan fingerprint density at radius 3 is 2.85 bits per heavy atom. The van der Waals surface area contributed by atoms with E-state index < -0.39 is 6.04 Å². The zero-order valence-corrected chi connectivity index (χ0v) is 7.91. The standard InChI is InChI=1S/C8H15N3O2/c1-5(3-9)11-6(2)8(13)10-4-7(11)12/h5-6H,3-4,9H2,1-2H3,(H,10,13). The number of nitrogens with zero attached hydrogens (tertiary/aromatic N) is 1. The highest BCUT2D eigenvalue weighted by atomic mass is 16.2. The van der Waals surface area contributed by atoms with Crippen LogP contribution in [0.3, 0.4) is 0 Å². The number of hydrogen-bond donors (Lipinski definition) is 2. The van der Waals surface area contributed by atoms with Gasteiger partial charge in [-0.15, -0.1) is 0 Å². The molecule has 0 saturated carbocycles. The Kier molecular flexibility index (Phi) is 2.87. The molecular weight excluding hydrogens is 170 g/mol. The van der Waals surface area contributed by atoms with Crippen molar-refractivity contribution in [2.24, 2.45) is 5.73 Å². The lowest BCUT2D eigenvalue weighted by Crippen LogP contribution is -2.61. The minimum atomic E-state index is -0.403. The van der Waals surface area contributed by atoms with Gasteiger partial charge in [0.1, 0.15) is 6.04 Å². The van der Waals surface area contributed by atoms with E-state index in [0.29, 0.717) is 6.54 Å². The monoisotopic (exact) mass is 185 g/mol. The summed E-state index contributed by atoms with van der Waals surface area (Å²) in [6.45, 7) is 4.02. The van der Waals surface area contributed by atoms with Crippen LogP contribution in [-0.2, 0) is 9.59 Å². The Morgan fingerprint density at radius 2 is 2.31 bits per heavy atom. The van der Waals surface area contributed by atoms with Gasteiger partial charge in [-0.05, 0) is 13.8 Å². The van der Waals surface area contributed by atoms with E-state index in [0.717, 1.165) is 0 Å². The van der Waals surface area contributed by atoms with Crippen molar-refractivity contribution in [2.45, 2.75) is 25.9 Å². The normalized spacial score (nSPS) is 25.8. The minimum Gasteiger partial charge on any atom is -0.345 e. The van der Waals surface area contributed by atoms with E-state index in [-0.39, 0.29) is 24.4 Å². The van der Waals surface area contributed by atoms with Gasteiger partial charge in [-0.3, -0.25) is 9.59 Å². The number of piperazine rings is 1. The highest BCUT2D eigenvalue weighted by molar-refractivity contribution is 5.94. The first kappa shape index (κ1) is 9.98. The van der Waals surface area contributed by atoms with Crippen molar-refractivity contribution in [1.29, 1.82) is 0 Å². The molecule has 74 valence electrons. The first-order valence-electron chi connectivity index (χ1n) is 4.37. The summed E-state index contributed by atoms with van der Waals surface area (Å²) in [6.07, 6.45) is 0. The van der Waals surface area contributed by atoms with Crippen LogP contribution < -0.4 is 11.1 Å². The third-order valence-electron chi connectivity index (χ3n) is 2.31. The maximum atomic E-state index is 11.4. The van der Waals surface area contributed by atoms with E-state index >= 15 is 0 Å². The lowest BCUT2D eigenvalue weighted by molar-refractivity contribution is -0.146. The molecule has 0 aromatic rings. The number of nitrogens with one attached hydrogen (secondary N) is 1. The van der Waals surface area contributed by atoms with Crippen molar-refractivity contribution in [3.63, 3.8) is 0 Å². The van der Waals surface area contributed by atoms with E-state index in [4.69, 9.17) is 5.73 Å². The molecule has 1 aliphatic heterocycles. The molecule has 0 aliphatic carbocycles. The molecule has 1 fully saturated rings. The van der Waals surface area contributed by atoms with Crippen molar-refractivity contribution in [3.8, 4) is 0 Å². The molecule has 0 aromatic carbocycles. The van der Waals surface area contributed by atoms with Crippen LogP contribution >= 0.6 is 0 Å². The number of nitrogens with two attached hydrogens (primary N) is 1. The van der Waals surface area contributed by atoms with Gasteiger partial charge >= 0.3 is 0 Å². The highest BCUT2D eigenvalue weighted by Crippen LogP contribution is 2.09. The Hall–Kier alpha value is -1.10. The third-order valence-corrected chi connectivity index (χ3v) is 2.31. The second-order valence-electron chi connectivity index (χ2n) is 3.28. The van der Waals surface area contributed by atoms with E-state index in [1.807, 2.05) is 6.92 Å². The smallest absolute Gasteiger partial charge is 0.242 e. The van der Waals surface area contributed by atoms with Crippen molar-refractivity contribution in [1.82, 2.24) is 10.2 Å². The Bertz CT molecular complexity index is 229. The zero-order chi connectivity index (χ0) is 10.0. The predicted molar refractivity (Wildman–Crippen MR) is 47.8 cm³/mol. The van der Waals surface area contributed by atoms with Crippen molar-refractivity contribution >= 4 is 11.8 Å². The molecule has 1 saturated heterocycles. The summed E-state index contributed by atoms with van der Waals surface area (Å²) < 4.78 is 0. The number of carbonyl (C=O) groups is 2. The largest absolute Gasteiger partial charge is 0.345 e. The van der Waals surface area contributed by atoms with Crippen LogP contribution in [0.4, 0.5) is 0 Å². The first-order chi connectivity index (χ1) is 6.07. The lowest BCUT2D eigenvalue weighted by Gasteiger charge is -2.36. The molecule has 0 radical (unpaired) electrons. The average Bonchev–Trinajstić information content (AvgIpc) is 2.12. The molecule has 0 aromatic heterocycles. The number of amides is 2. The van der Waals surface area contributed by atoms with Crippen LogP contribution in [0.25, 0.3) is 0 Å². The highest BCUT2D eigenvalue weighted by Gasteiger charge is 2.33. The second kappa shape index (κ2) is 3.74. The van der Waals surface area contributed by atoms with Crippen LogP contribution in [0.1, 0.15) is 13.8 Å². The van der Waals surface area contributed by atoms with Gasteiger partial charge in [0, 0.05) is 12.6 Å². The fraction of sp³-hybridized carbons (Fsp3) is 0.750. The van der Waals surface area contributed by atoms with Crippen LogP contribution in [0.15, 0.2) is 0 Å². The van der Waals surface area contributed by atoms with Gasteiger partial charge in [0.05, 0.1) is 6.54 Å². The van der Waals surface area contributed by atoms with Crippen molar-refractivity contribution in [2.75, 3.05) is 13.1 Å². The molecule has 1 heterocycles. The summed E-state index contributed by atoms with van der Waals surface area (Å²) >= 11 is 0. The van der Waals surface area contributed by atoms with Gasteiger partial charge in [-0.25, -0.2) is 0 Å². The minimum absolute atomic E-state index is 0.0648. The summed E-state index contributed by atoms with van der Waals surface area (Å²) in [6, 6.07) is -0.478. The number of rotatable bonds is 2. The molecule has 2 amide bonds. The summed E-state index contributed by atoms with van der Waals surface area (Å²) in [5.41, 5.74) is 5.45. The van der Waals surface area contributed by atoms with Gasteiger partial charge in [0.2, 0.25) is 11.8 Å². The molecule has 13 heavy (non-hydrogen) atoms. The molecule has 2 unspecified atom stereocenters.